The van der Waals surface area contributed by atoms with Crippen LogP contribution in [0.4, 0.5) is 10.5 Å². The van der Waals surface area contributed by atoms with E-state index in [2.05, 4.69) is 11.9 Å². The fourth-order valence-corrected chi connectivity index (χ4v) is 5.20. The number of allylic oxidation sites excluding steroid dienone is 1. The predicted molar refractivity (Wildman–Crippen MR) is 129 cm³/mol. The number of carbonyl (C=O) groups is 3. The number of thiophene rings is 1. The van der Waals surface area contributed by atoms with Crippen LogP contribution in [0.25, 0.3) is 0 Å². The molecule has 0 radical (unpaired) electrons. The molecule has 2 aliphatic rings. The molecule has 174 valence electrons. The van der Waals surface area contributed by atoms with E-state index in [1.54, 1.807) is 36.1 Å². The molecule has 1 saturated heterocycles. The van der Waals surface area contributed by atoms with Gasteiger partial charge in [-0.1, -0.05) is 24.2 Å². The molecular formula is C24H26ClN3O4S. The predicted octanol–water partition coefficient (Wildman–Crippen LogP) is 5.38. The first-order chi connectivity index (χ1) is 15.8. The standard InChI is InChI=1S/C24H26ClN3O4S/c1-15(2)32-24(31)27-11-8-16(9-12-27)10-13-28-14-18-17(23(28)30)4-3-5-19(18)26-22(29)20-6-7-21(25)33-20/h3-7,16H,1,8-14H2,2H3,(H,26,29). The minimum atomic E-state index is -0.342. The molecule has 1 aromatic carbocycles. The molecule has 0 aliphatic carbocycles. The molecule has 7 nitrogen and oxygen atoms in total. The second kappa shape index (κ2) is 9.97. The molecule has 0 saturated carbocycles. The van der Waals surface area contributed by atoms with Crippen molar-refractivity contribution in [1.29, 1.82) is 0 Å². The van der Waals surface area contributed by atoms with Crippen LogP contribution in [0.5, 0.6) is 0 Å². The third-order valence-electron chi connectivity index (χ3n) is 6.03. The van der Waals surface area contributed by atoms with E-state index in [0.717, 1.165) is 24.8 Å². The van der Waals surface area contributed by atoms with Crippen molar-refractivity contribution in [2.75, 3.05) is 25.0 Å². The Bertz CT molecular complexity index is 1090. The van der Waals surface area contributed by atoms with E-state index in [4.69, 9.17) is 16.3 Å². The summed E-state index contributed by atoms with van der Waals surface area (Å²) >= 11 is 7.16. The van der Waals surface area contributed by atoms with Gasteiger partial charge in [0.1, 0.15) is 0 Å². The fourth-order valence-electron chi connectivity index (χ4n) is 4.26. The summed E-state index contributed by atoms with van der Waals surface area (Å²) in [5, 5.41) is 2.93. The van der Waals surface area contributed by atoms with E-state index in [9.17, 15) is 14.4 Å². The summed E-state index contributed by atoms with van der Waals surface area (Å²) in [5.41, 5.74) is 2.13. The van der Waals surface area contributed by atoms with Crippen molar-refractivity contribution < 1.29 is 19.1 Å². The van der Waals surface area contributed by atoms with Gasteiger partial charge in [0, 0.05) is 43.0 Å². The maximum absolute atomic E-state index is 12.9. The van der Waals surface area contributed by atoms with Crippen LogP contribution in [0, 0.1) is 5.92 Å². The van der Waals surface area contributed by atoms with Crippen molar-refractivity contribution in [3.8, 4) is 0 Å². The topological polar surface area (TPSA) is 79.0 Å². The Balaban J connectivity index is 1.32. The fraction of sp³-hybridized carbons (Fsp3) is 0.375. The van der Waals surface area contributed by atoms with E-state index in [0.29, 0.717) is 58.3 Å². The van der Waals surface area contributed by atoms with Crippen molar-refractivity contribution in [2.45, 2.75) is 32.7 Å². The molecule has 1 fully saturated rings. The Kier molecular flexibility index (Phi) is 7.05. The maximum Gasteiger partial charge on any atom is 0.414 e. The van der Waals surface area contributed by atoms with Crippen LogP contribution in [0.3, 0.4) is 0 Å². The first-order valence-electron chi connectivity index (χ1n) is 10.9. The van der Waals surface area contributed by atoms with E-state index in [-0.39, 0.29) is 17.9 Å². The van der Waals surface area contributed by atoms with Crippen molar-refractivity contribution in [2.24, 2.45) is 5.92 Å². The first kappa shape index (κ1) is 23.3. The quantitative estimate of drug-likeness (QED) is 0.554. The monoisotopic (exact) mass is 487 g/mol. The minimum Gasteiger partial charge on any atom is -0.416 e. The highest BCUT2D eigenvalue weighted by Gasteiger charge is 2.31. The average molecular weight is 488 g/mol. The third-order valence-corrected chi connectivity index (χ3v) is 7.26. The Hall–Kier alpha value is -2.84. The summed E-state index contributed by atoms with van der Waals surface area (Å²) in [6.07, 6.45) is 2.29. The zero-order valence-corrected chi connectivity index (χ0v) is 20.0. The highest BCUT2D eigenvalue weighted by Crippen LogP contribution is 2.32. The average Bonchev–Trinajstić information content (AvgIpc) is 3.36. The summed E-state index contributed by atoms with van der Waals surface area (Å²) in [7, 11) is 0. The third kappa shape index (κ3) is 5.39. The lowest BCUT2D eigenvalue weighted by atomic mass is 9.93. The molecular weight excluding hydrogens is 462 g/mol. The van der Waals surface area contributed by atoms with E-state index >= 15 is 0 Å². The summed E-state index contributed by atoms with van der Waals surface area (Å²) in [5.74, 6) is 0.591. The Morgan fingerprint density at radius 3 is 2.67 bits per heavy atom. The summed E-state index contributed by atoms with van der Waals surface area (Å²) in [6, 6.07) is 8.79. The molecule has 0 atom stereocenters. The molecule has 0 unspecified atom stereocenters. The van der Waals surface area contributed by atoms with Crippen molar-refractivity contribution in [1.82, 2.24) is 9.80 Å². The van der Waals surface area contributed by atoms with Gasteiger partial charge in [-0.3, -0.25) is 9.59 Å². The van der Waals surface area contributed by atoms with Gasteiger partial charge in [0.15, 0.2) is 0 Å². The highest BCUT2D eigenvalue weighted by atomic mass is 35.5. The van der Waals surface area contributed by atoms with Gasteiger partial charge >= 0.3 is 6.09 Å². The maximum atomic E-state index is 12.9. The first-order valence-corrected chi connectivity index (χ1v) is 12.1. The van der Waals surface area contributed by atoms with Gasteiger partial charge < -0.3 is 19.9 Å². The van der Waals surface area contributed by atoms with Gasteiger partial charge in [-0.2, -0.15) is 0 Å². The van der Waals surface area contributed by atoms with Gasteiger partial charge in [-0.05, 0) is 56.4 Å². The number of ether oxygens (including phenoxy) is 1. The van der Waals surface area contributed by atoms with E-state index in [1.165, 1.54) is 11.3 Å². The van der Waals surface area contributed by atoms with Crippen molar-refractivity contribution in [3.05, 3.63) is 63.0 Å². The number of nitrogens with zero attached hydrogens (tertiary/aromatic N) is 2. The lowest BCUT2D eigenvalue weighted by Crippen LogP contribution is -2.39. The largest absolute Gasteiger partial charge is 0.416 e. The van der Waals surface area contributed by atoms with Crippen LogP contribution in [0.15, 0.2) is 42.7 Å². The highest BCUT2D eigenvalue weighted by molar-refractivity contribution is 7.18. The molecule has 2 aliphatic heterocycles. The molecule has 3 heterocycles. The van der Waals surface area contributed by atoms with Crippen LogP contribution >= 0.6 is 22.9 Å². The Morgan fingerprint density at radius 2 is 2.00 bits per heavy atom. The van der Waals surface area contributed by atoms with Gasteiger partial charge in [-0.25, -0.2) is 4.79 Å². The number of halogens is 1. The van der Waals surface area contributed by atoms with Crippen LogP contribution < -0.4 is 5.32 Å². The number of fused-ring (bicyclic) bond motifs is 1. The van der Waals surface area contributed by atoms with Crippen LogP contribution in [-0.4, -0.2) is 47.3 Å². The van der Waals surface area contributed by atoms with E-state index < -0.39 is 0 Å². The number of carbonyl (C=O) groups excluding carboxylic acids is 3. The SMILES string of the molecule is C=C(C)OC(=O)N1CCC(CCN2Cc3c(NC(=O)c4ccc(Cl)s4)cccc3C2=O)CC1. The molecule has 9 heteroatoms. The summed E-state index contributed by atoms with van der Waals surface area (Å²) in [4.78, 5) is 41.6. The molecule has 4 rings (SSSR count). The molecule has 2 aromatic rings. The lowest BCUT2D eigenvalue weighted by Gasteiger charge is -2.32. The number of hydrogen-bond acceptors (Lipinski definition) is 5. The molecule has 0 spiro atoms. The zero-order valence-electron chi connectivity index (χ0n) is 18.4. The Labute approximate surface area is 202 Å². The number of benzene rings is 1. The van der Waals surface area contributed by atoms with Crippen molar-refractivity contribution in [3.63, 3.8) is 0 Å². The number of anilines is 1. The molecule has 3 amide bonds. The van der Waals surface area contributed by atoms with Gasteiger partial charge in [0.05, 0.1) is 15.0 Å². The number of hydrogen-bond donors (Lipinski definition) is 1. The number of nitrogens with one attached hydrogen (secondary N) is 1. The molecule has 33 heavy (non-hydrogen) atoms. The minimum absolute atomic E-state index is 0.0114. The number of piperidine rings is 1. The smallest absolute Gasteiger partial charge is 0.414 e. The van der Waals surface area contributed by atoms with Crippen LogP contribution in [0.1, 0.15) is 51.8 Å². The number of amides is 3. The normalized spacial score (nSPS) is 16.0. The van der Waals surface area contributed by atoms with Crippen LogP contribution in [-0.2, 0) is 11.3 Å². The molecule has 1 N–H and O–H groups in total. The lowest BCUT2D eigenvalue weighted by molar-refractivity contribution is 0.0756. The second-order valence-electron chi connectivity index (χ2n) is 8.41. The summed E-state index contributed by atoms with van der Waals surface area (Å²) in [6.45, 7) is 7.67. The zero-order chi connectivity index (χ0) is 23.5. The second-order valence-corrected chi connectivity index (χ2v) is 10.1. The van der Waals surface area contributed by atoms with Gasteiger partial charge in [-0.15, -0.1) is 11.3 Å². The van der Waals surface area contributed by atoms with Crippen molar-refractivity contribution >= 4 is 46.5 Å². The van der Waals surface area contributed by atoms with Crippen LogP contribution in [0.2, 0.25) is 4.34 Å². The van der Waals surface area contributed by atoms with Gasteiger partial charge in [0.2, 0.25) is 0 Å². The number of rotatable bonds is 6. The summed E-state index contributed by atoms with van der Waals surface area (Å²) < 4.78 is 5.64. The van der Waals surface area contributed by atoms with Gasteiger partial charge in [0.25, 0.3) is 11.8 Å². The van der Waals surface area contributed by atoms with E-state index in [1.807, 2.05) is 11.0 Å². The molecule has 1 aromatic heterocycles. The number of likely N-dealkylation sites (tertiary alicyclic amines) is 1. The molecule has 0 bridgehead atoms. The Morgan fingerprint density at radius 1 is 1.24 bits per heavy atom.